The van der Waals surface area contributed by atoms with Crippen molar-refractivity contribution in [1.82, 2.24) is 15.7 Å². The molecule has 2 unspecified atom stereocenters. The van der Waals surface area contributed by atoms with E-state index in [1.165, 1.54) is 12.2 Å². The van der Waals surface area contributed by atoms with Crippen LogP contribution in [0.5, 0.6) is 0 Å². The summed E-state index contributed by atoms with van der Waals surface area (Å²) in [5.41, 5.74) is -0.678. The molecule has 0 aliphatic carbocycles. The van der Waals surface area contributed by atoms with Gasteiger partial charge in [-0.1, -0.05) is 27.7 Å². The first-order valence-electron chi connectivity index (χ1n) is 9.38. The van der Waals surface area contributed by atoms with E-state index in [4.69, 9.17) is 9.57 Å². The lowest BCUT2D eigenvalue weighted by atomic mass is 10.0. The SMILES string of the molecule is CON(C)C(CC(C)C)C(=O)NC(=O)C(CC(C)C)NC(=O)OC(C)(C)C. The number of nitrogens with zero attached hydrogens (tertiary/aromatic N) is 1. The summed E-state index contributed by atoms with van der Waals surface area (Å²) in [5, 5.41) is 6.39. The van der Waals surface area contributed by atoms with Gasteiger partial charge in [0.2, 0.25) is 11.8 Å². The first-order valence-corrected chi connectivity index (χ1v) is 9.38. The summed E-state index contributed by atoms with van der Waals surface area (Å²) in [6, 6.07) is -1.48. The quantitative estimate of drug-likeness (QED) is 0.590. The van der Waals surface area contributed by atoms with Gasteiger partial charge in [0, 0.05) is 7.05 Å². The van der Waals surface area contributed by atoms with Crippen LogP contribution in [0, 0.1) is 11.8 Å². The van der Waals surface area contributed by atoms with E-state index in [0.717, 1.165) is 0 Å². The van der Waals surface area contributed by atoms with E-state index < -0.39 is 35.6 Å². The third kappa shape index (κ3) is 10.9. The summed E-state index contributed by atoms with van der Waals surface area (Å²) in [7, 11) is 3.11. The second kappa shape index (κ2) is 11.2. The second-order valence-corrected chi connectivity index (χ2v) is 8.56. The highest BCUT2D eigenvalue weighted by Gasteiger charge is 2.30. The molecule has 0 saturated heterocycles. The zero-order chi connectivity index (χ0) is 21.4. The van der Waals surface area contributed by atoms with Gasteiger partial charge < -0.3 is 14.9 Å². The number of hydrogen-bond donors (Lipinski definition) is 2. The molecule has 2 N–H and O–H groups in total. The summed E-state index contributed by atoms with van der Waals surface area (Å²) in [4.78, 5) is 42.4. The topological polar surface area (TPSA) is 97.0 Å². The first kappa shape index (κ1) is 25.3. The summed E-state index contributed by atoms with van der Waals surface area (Å²) >= 11 is 0. The van der Waals surface area contributed by atoms with Gasteiger partial charge in [0.05, 0.1) is 7.11 Å². The highest BCUT2D eigenvalue weighted by atomic mass is 16.7. The van der Waals surface area contributed by atoms with Crippen molar-refractivity contribution >= 4 is 17.9 Å². The molecule has 0 aromatic carbocycles. The number of carbonyl (C=O) groups excluding carboxylic acids is 3. The van der Waals surface area contributed by atoms with Crippen molar-refractivity contribution in [1.29, 1.82) is 0 Å². The van der Waals surface area contributed by atoms with Gasteiger partial charge in [0.15, 0.2) is 0 Å². The summed E-state index contributed by atoms with van der Waals surface area (Å²) in [5.74, 6) is -0.644. The minimum absolute atomic E-state index is 0.138. The number of rotatable bonds is 9. The maximum absolute atomic E-state index is 12.6. The van der Waals surface area contributed by atoms with Crippen LogP contribution in [0.25, 0.3) is 0 Å². The minimum atomic E-state index is -0.864. The van der Waals surface area contributed by atoms with Crippen molar-refractivity contribution in [2.24, 2.45) is 11.8 Å². The highest BCUT2D eigenvalue weighted by Crippen LogP contribution is 2.12. The van der Waals surface area contributed by atoms with E-state index in [2.05, 4.69) is 10.6 Å². The van der Waals surface area contributed by atoms with Gasteiger partial charge in [-0.05, 0) is 45.4 Å². The molecular formula is C19H37N3O5. The average Bonchev–Trinajstić information content (AvgIpc) is 2.48. The lowest BCUT2D eigenvalue weighted by Crippen LogP contribution is -2.54. The summed E-state index contributed by atoms with van der Waals surface area (Å²) < 4.78 is 5.22. The fraction of sp³-hybridized carbons (Fsp3) is 0.842. The minimum Gasteiger partial charge on any atom is -0.444 e. The molecule has 0 spiro atoms. The van der Waals surface area contributed by atoms with Crippen molar-refractivity contribution in [2.45, 2.75) is 79.0 Å². The van der Waals surface area contributed by atoms with Gasteiger partial charge in [-0.3, -0.25) is 14.9 Å². The Morgan fingerprint density at radius 1 is 0.963 bits per heavy atom. The lowest BCUT2D eigenvalue weighted by Gasteiger charge is -2.27. The maximum Gasteiger partial charge on any atom is 0.408 e. The van der Waals surface area contributed by atoms with Crippen LogP contribution < -0.4 is 10.6 Å². The molecule has 0 radical (unpaired) electrons. The van der Waals surface area contributed by atoms with Gasteiger partial charge in [-0.2, -0.15) is 5.06 Å². The van der Waals surface area contributed by atoms with Gasteiger partial charge in [0.1, 0.15) is 17.7 Å². The number of hydrogen-bond acceptors (Lipinski definition) is 6. The van der Waals surface area contributed by atoms with Crippen LogP contribution in [-0.4, -0.2) is 54.8 Å². The molecule has 0 fully saturated rings. The molecule has 0 aromatic heterocycles. The van der Waals surface area contributed by atoms with Crippen molar-refractivity contribution in [3.8, 4) is 0 Å². The maximum atomic E-state index is 12.6. The van der Waals surface area contributed by atoms with Crippen LogP contribution in [0.15, 0.2) is 0 Å². The number of amides is 3. The van der Waals surface area contributed by atoms with Crippen LogP contribution in [0.3, 0.4) is 0 Å². The van der Waals surface area contributed by atoms with Crippen LogP contribution in [0.4, 0.5) is 4.79 Å². The fourth-order valence-corrected chi connectivity index (χ4v) is 2.44. The largest absolute Gasteiger partial charge is 0.444 e. The Hall–Kier alpha value is -1.67. The molecule has 8 heteroatoms. The fourth-order valence-electron chi connectivity index (χ4n) is 2.44. The van der Waals surface area contributed by atoms with E-state index in [0.29, 0.717) is 12.8 Å². The first-order chi connectivity index (χ1) is 12.3. The zero-order valence-electron chi connectivity index (χ0n) is 18.2. The standard InChI is InChI=1S/C19H37N3O5/c1-12(2)10-14(20-18(25)27-19(5,6)7)16(23)21-17(24)15(11-13(3)4)22(8)26-9/h12-15H,10-11H2,1-9H3,(H,20,25)(H,21,23,24). The van der Waals surface area contributed by atoms with Gasteiger partial charge >= 0.3 is 6.09 Å². The number of likely N-dealkylation sites (N-methyl/N-ethyl adjacent to an activating group) is 1. The Kier molecular flexibility index (Phi) is 10.5. The molecule has 0 saturated carbocycles. The molecule has 3 amide bonds. The molecule has 0 aliphatic heterocycles. The van der Waals surface area contributed by atoms with Gasteiger partial charge in [-0.25, -0.2) is 4.79 Å². The molecule has 27 heavy (non-hydrogen) atoms. The number of alkyl carbamates (subject to hydrolysis) is 1. The van der Waals surface area contributed by atoms with Crippen LogP contribution in [0.1, 0.15) is 61.3 Å². The Morgan fingerprint density at radius 3 is 1.89 bits per heavy atom. The van der Waals surface area contributed by atoms with Crippen molar-refractivity contribution in [2.75, 3.05) is 14.2 Å². The molecule has 0 aliphatic rings. The number of imide groups is 1. The monoisotopic (exact) mass is 387 g/mol. The second-order valence-electron chi connectivity index (χ2n) is 8.56. The molecular weight excluding hydrogens is 350 g/mol. The molecule has 0 bridgehead atoms. The summed E-state index contributed by atoms with van der Waals surface area (Å²) in [6.45, 7) is 13.0. The normalized spacial score (nSPS) is 14.2. The highest BCUT2D eigenvalue weighted by molar-refractivity contribution is 6.00. The van der Waals surface area contributed by atoms with E-state index in [-0.39, 0.29) is 11.8 Å². The predicted molar refractivity (Wildman–Crippen MR) is 104 cm³/mol. The molecule has 8 nitrogen and oxygen atoms in total. The Balaban J connectivity index is 5.14. The smallest absolute Gasteiger partial charge is 0.408 e. The molecule has 0 aromatic rings. The third-order valence-corrected chi connectivity index (χ3v) is 3.69. The Bertz CT molecular complexity index is 500. The third-order valence-electron chi connectivity index (χ3n) is 3.69. The molecule has 0 heterocycles. The number of nitrogens with one attached hydrogen (secondary N) is 2. The Morgan fingerprint density at radius 2 is 1.48 bits per heavy atom. The Labute approximate surface area is 163 Å². The van der Waals surface area contributed by atoms with Crippen LogP contribution in [-0.2, 0) is 19.2 Å². The molecule has 158 valence electrons. The predicted octanol–water partition coefficient (Wildman–Crippen LogP) is 2.48. The van der Waals surface area contributed by atoms with Crippen LogP contribution >= 0.6 is 0 Å². The zero-order valence-corrected chi connectivity index (χ0v) is 18.2. The van der Waals surface area contributed by atoms with Gasteiger partial charge in [-0.15, -0.1) is 0 Å². The molecule has 0 rings (SSSR count). The van der Waals surface area contributed by atoms with E-state index in [9.17, 15) is 14.4 Å². The number of carbonyl (C=O) groups is 3. The average molecular weight is 388 g/mol. The lowest BCUT2D eigenvalue weighted by molar-refractivity contribution is -0.164. The molecule has 2 atom stereocenters. The van der Waals surface area contributed by atoms with E-state index in [1.54, 1.807) is 27.8 Å². The van der Waals surface area contributed by atoms with Crippen molar-refractivity contribution in [3.63, 3.8) is 0 Å². The number of hydroxylamine groups is 2. The van der Waals surface area contributed by atoms with E-state index in [1.807, 2.05) is 27.7 Å². The summed E-state index contributed by atoms with van der Waals surface area (Å²) in [6.07, 6.45) is 0.217. The van der Waals surface area contributed by atoms with Crippen molar-refractivity contribution in [3.05, 3.63) is 0 Å². The van der Waals surface area contributed by atoms with Crippen molar-refractivity contribution < 1.29 is 24.0 Å². The number of ether oxygens (including phenoxy) is 1. The van der Waals surface area contributed by atoms with Gasteiger partial charge in [0.25, 0.3) is 0 Å². The van der Waals surface area contributed by atoms with Crippen LogP contribution in [0.2, 0.25) is 0 Å². The van der Waals surface area contributed by atoms with E-state index >= 15 is 0 Å².